The number of imide groups is 1. The van der Waals surface area contributed by atoms with Crippen LogP contribution in [-0.4, -0.2) is 51.9 Å². The summed E-state index contributed by atoms with van der Waals surface area (Å²) in [6.07, 6.45) is 1.09. The summed E-state index contributed by atoms with van der Waals surface area (Å²) in [5, 5.41) is 1.12. The summed E-state index contributed by atoms with van der Waals surface area (Å²) in [4.78, 5) is 35.0. The van der Waals surface area contributed by atoms with Crippen molar-refractivity contribution in [2.24, 2.45) is 4.99 Å². The minimum Gasteiger partial charge on any atom is -0.423 e. The molecule has 3 aliphatic heterocycles. The van der Waals surface area contributed by atoms with E-state index in [0.29, 0.717) is 27.4 Å². The molecule has 1 saturated heterocycles. The van der Waals surface area contributed by atoms with Gasteiger partial charge in [0.1, 0.15) is 0 Å². The Morgan fingerprint density at radius 3 is 2.53 bits per heavy atom. The highest BCUT2D eigenvalue weighted by atomic mass is 35.5. The maximum absolute atomic E-state index is 13.3. The van der Waals surface area contributed by atoms with Gasteiger partial charge in [-0.05, 0) is 35.9 Å². The summed E-state index contributed by atoms with van der Waals surface area (Å²) >= 11 is 12.2. The molecule has 0 radical (unpaired) electrons. The standard InChI is InChI=1S/C21H16Cl2N4O3/c1-25-18-17(19(28)27(21(25)29)10-13-4-2-3-5-15(13)23)26-11-16(30-20(26)24-18)12-6-8-14(22)9-7-12/h2-9,11,17-18H,10H2,1H3. The third-order valence-corrected chi connectivity index (χ3v) is 5.99. The number of hydrogen-bond donors (Lipinski definition) is 0. The Hall–Kier alpha value is -3.03. The zero-order valence-electron chi connectivity index (χ0n) is 15.8. The summed E-state index contributed by atoms with van der Waals surface area (Å²) in [6.45, 7) is 0.0860. The van der Waals surface area contributed by atoms with E-state index in [0.717, 1.165) is 5.56 Å². The SMILES string of the molecule is CN1C(=O)N(Cc2ccccc2Cl)C(=O)C2C1N=C1OC(c3ccc(Cl)cc3)=CN12. The Bertz CT molecular complexity index is 1120. The number of rotatable bonds is 3. The molecule has 2 atom stereocenters. The fourth-order valence-electron chi connectivity index (χ4n) is 3.77. The van der Waals surface area contributed by atoms with E-state index < -0.39 is 18.2 Å². The first-order valence-corrected chi connectivity index (χ1v) is 10.0. The average Bonchev–Trinajstić information content (AvgIpc) is 3.29. The van der Waals surface area contributed by atoms with Crippen molar-refractivity contribution < 1.29 is 14.3 Å². The molecule has 7 nitrogen and oxygen atoms in total. The second-order valence-corrected chi connectivity index (χ2v) is 8.03. The molecule has 9 heteroatoms. The zero-order chi connectivity index (χ0) is 21.0. The van der Waals surface area contributed by atoms with E-state index in [2.05, 4.69) is 4.99 Å². The van der Waals surface area contributed by atoms with Crippen LogP contribution in [-0.2, 0) is 16.1 Å². The van der Waals surface area contributed by atoms with Gasteiger partial charge in [-0.25, -0.2) is 9.79 Å². The van der Waals surface area contributed by atoms with E-state index in [9.17, 15) is 9.59 Å². The van der Waals surface area contributed by atoms with Crippen molar-refractivity contribution in [3.05, 3.63) is 75.9 Å². The lowest BCUT2D eigenvalue weighted by Crippen LogP contribution is -2.63. The molecule has 0 aromatic heterocycles. The van der Waals surface area contributed by atoms with E-state index >= 15 is 0 Å². The summed E-state index contributed by atoms with van der Waals surface area (Å²) in [7, 11) is 1.63. The maximum atomic E-state index is 13.3. The van der Waals surface area contributed by atoms with Crippen LogP contribution in [0.25, 0.3) is 5.76 Å². The number of likely N-dealkylation sites (N-methyl/N-ethyl adjacent to an activating group) is 1. The Balaban J connectivity index is 1.45. The minimum atomic E-state index is -0.699. The van der Waals surface area contributed by atoms with Crippen molar-refractivity contribution in [1.29, 1.82) is 0 Å². The number of hydrogen-bond acceptors (Lipinski definition) is 5. The van der Waals surface area contributed by atoms with Crippen LogP contribution in [0.15, 0.2) is 59.7 Å². The number of urea groups is 1. The van der Waals surface area contributed by atoms with Crippen LogP contribution in [0.1, 0.15) is 11.1 Å². The number of aliphatic imine (C=N–C) groups is 1. The number of ether oxygens (including phenoxy) is 1. The van der Waals surface area contributed by atoms with Crippen LogP contribution < -0.4 is 0 Å². The number of halogens is 2. The van der Waals surface area contributed by atoms with Crippen molar-refractivity contribution in [1.82, 2.24) is 14.7 Å². The number of nitrogens with zero attached hydrogens (tertiary/aromatic N) is 4. The Kier molecular flexibility index (Phi) is 4.45. The summed E-state index contributed by atoms with van der Waals surface area (Å²) in [5.74, 6) is 0.216. The van der Waals surface area contributed by atoms with Gasteiger partial charge in [-0.2, -0.15) is 0 Å². The van der Waals surface area contributed by atoms with Crippen LogP contribution in [0.2, 0.25) is 10.0 Å². The third-order valence-electron chi connectivity index (χ3n) is 5.37. The van der Waals surface area contributed by atoms with Crippen molar-refractivity contribution in [3.63, 3.8) is 0 Å². The third kappa shape index (κ3) is 2.93. The van der Waals surface area contributed by atoms with Gasteiger partial charge in [0.05, 0.1) is 12.7 Å². The highest BCUT2D eigenvalue weighted by molar-refractivity contribution is 6.31. The van der Waals surface area contributed by atoms with Gasteiger partial charge in [-0.15, -0.1) is 0 Å². The molecule has 2 aromatic rings. The smallest absolute Gasteiger partial charge is 0.328 e. The van der Waals surface area contributed by atoms with Crippen LogP contribution >= 0.6 is 23.2 Å². The van der Waals surface area contributed by atoms with E-state index in [4.69, 9.17) is 27.9 Å². The van der Waals surface area contributed by atoms with Gasteiger partial charge in [-0.1, -0.05) is 41.4 Å². The molecule has 0 bridgehead atoms. The zero-order valence-corrected chi connectivity index (χ0v) is 17.3. The van der Waals surface area contributed by atoms with Gasteiger partial charge < -0.3 is 9.64 Å². The minimum absolute atomic E-state index is 0.0860. The predicted molar refractivity (Wildman–Crippen MR) is 113 cm³/mol. The lowest BCUT2D eigenvalue weighted by molar-refractivity contribution is -0.137. The molecule has 152 valence electrons. The lowest BCUT2D eigenvalue weighted by atomic mass is 10.1. The molecule has 30 heavy (non-hydrogen) atoms. The summed E-state index contributed by atoms with van der Waals surface area (Å²) in [6, 6.07) is 13.5. The largest absolute Gasteiger partial charge is 0.423 e. The Morgan fingerprint density at radius 1 is 1.07 bits per heavy atom. The molecule has 1 fully saturated rings. The molecule has 0 spiro atoms. The van der Waals surface area contributed by atoms with Crippen LogP contribution in [0, 0.1) is 0 Å². The lowest BCUT2D eigenvalue weighted by Gasteiger charge is -2.39. The number of amidine groups is 1. The van der Waals surface area contributed by atoms with Crippen molar-refractivity contribution >= 4 is 46.9 Å². The molecule has 5 rings (SSSR count). The Morgan fingerprint density at radius 2 is 1.80 bits per heavy atom. The molecule has 0 aliphatic carbocycles. The maximum Gasteiger partial charge on any atom is 0.328 e. The first kappa shape index (κ1) is 19.0. The van der Waals surface area contributed by atoms with Crippen LogP contribution in [0.5, 0.6) is 0 Å². The average molecular weight is 443 g/mol. The fraction of sp³-hybridized carbons (Fsp3) is 0.190. The first-order valence-electron chi connectivity index (χ1n) is 9.27. The molecule has 0 N–H and O–H groups in total. The molecule has 3 aliphatic rings. The van der Waals surface area contributed by atoms with E-state index in [-0.39, 0.29) is 12.5 Å². The van der Waals surface area contributed by atoms with Gasteiger partial charge in [0, 0.05) is 22.7 Å². The molecule has 3 amide bonds. The van der Waals surface area contributed by atoms with Gasteiger partial charge in [0.2, 0.25) is 0 Å². The molecular formula is C21H16Cl2N4O3. The summed E-state index contributed by atoms with van der Waals surface area (Å²) in [5.41, 5.74) is 1.51. The number of carbonyl (C=O) groups excluding carboxylic acids is 2. The van der Waals surface area contributed by atoms with E-state index in [1.54, 1.807) is 48.5 Å². The molecule has 2 aromatic carbocycles. The van der Waals surface area contributed by atoms with E-state index in [1.807, 2.05) is 18.2 Å². The molecule has 0 saturated carbocycles. The van der Waals surface area contributed by atoms with Crippen molar-refractivity contribution in [3.8, 4) is 0 Å². The second-order valence-electron chi connectivity index (χ2n) is 7.19. The normalized spacial score (nSPS) is 22.6. The number of carbonyl (C=O) groups is 2. The Labute approximate surface area is 182 Å². The van der Waals surface area contributed by atoms with Crippen LogP contribution in [0.3, 0.4) is 0 Å². The monoisotopic (exact) mass is 442 g/mol. The highest BCUT2D eigenvalue weighted by Crippen LogP contribution is 2.36. The summed E-state index contributed by atoms with van der Waals surface area (Å²) < 4.78 is 5.87. The van der Waals surface area contributed by atoms with E-state index in [1.165, 1.54) is 9.80 Å². The van der Waals surface area contributed by atoms with Crippen molar-refractivity contribution in [2.45, 2.75) is 18.8 Å². The van der Waals surface area contributed by atoms with Gasteiger partial charge in [0.15, 0.2) is 18.0 Å². The van der Waals surface area contributed by atoms with Gasteiger partial charge in [0.25, 0.3) is 11.9 Å². The number of fused-ring (bicyclic) bond motifs is 3. The first-order chi connectivity index (χ1) is 14.4. The molecule has 2 unspecified atom stereocenters. The number of amides is 3. The molecular weight excluding hydrogens is 427 g/mol. The predicted octanol–water partition coefficient (Wildman–Crippen LogP) is 3.78. The van der Waals surface area contributed by atoms with Gasteiger partial charge in [-0.3, -0.25) is 14.6 Å². The second kappa shape index (κ2) is 7.04. The highest BCUT2D eigenvalue weighted by Gasteiger charge is 2.54. The van der Waals surface area contributed by atoms with Crippen molar-refractivity contribution in [2.75, 3.05) is 7.05 Å². The number of benzene rings is 2. The molecule has 3 heterocycles. The topological polar surface area (TPSA) is 65.5 Å². The quantitative estimate of drug-likeness (QED) is 0.725. The van der Waals surface area contributed by atoms with Gasteiger partial charge >= 0.3 is 6.03 Å². The fourth-order valence-corrected chi connectivity index (χ4v) is 4.09. The van der Waals surface area contributed by atoms with Crippen LogP contribution in [0.4, 0.5) is 4.79 Å².